The van der Waals surface area contributed by atoms with Gasteiger partial charge in [0.15, 0.2) is 0 Å². The normalized spacial score (nSPS) is 34.8. The van der Waals surface area contributed by atoms with Crippen LogP contribution in [0.2, 0.25) is 0 Å². The van der Waals surface area contributed by atoms with Crippen molar-refractivity contribution in [3.8, 4) is 0 Å². The smallest absolute Gasteiger partial charge is 0.325 e. The Bertz CT molecular complexity index is 562. The van der Waals surface area contributed by atoms with E-state index >= 15 is 0 Å². The zero-order valence-corrected chi connectivity index (χ0v) is 14.5. The van der Waals surface area contributed by atoms with Crippen LogP contribution in [-0.2, 0) is 19.2 Å². The molecular weight excluding hydrogens is 352 g/mol. The summed E-state index contributed by atoms with van der Waals surface area (Å²) in [6, 6.07) is -1.58. The molecule has 2 fully saturated rings. The first kappa shape index (κ1) is 21.8. The van der Waals surface area contributed by atoms with E-state index in [1.165, 1.54) is 9.80 Å². The Morgan fingerprint density at radius 2 is 1.04 bits per heavy atom. The Hall–Kier alpha value is -2.28. The van der Waals surface area contributed by atoms with Gasteiger partial charge in [0.25, 0.3) is 0 Å². The van der Waals surface area contributed by atoms with Crippen molar-refractivity contribution >= 4 is 23.9 Å². The first-order chi connectivity index (χ1) is 11.7. The number of carboxylic acid groups (broad SMARTS) is 4. The molecule has 2 rings (SSSR count). The summed E-state index contributed by atoms with van der Waals surface area (Å²) < 4.78 is 0. The summed E-state index contributed by atoms with van der Waals surface area (Å²) >= 11 is 0. The van der Waals surface area contributed by atoms with Gasteiger partial charge in [0.05, 0.1) is 0 Å². The van der Waals surface area contributed by atoms with E-state index in [-0.39, 0.29) is 25.9 Å². The number of likely N-dealkylation sites (tertiary alicyclic amines) is 2. The molecule has 0 radical (unpaired) electrons. The van der Waals surface area contributed by atoms with Crippen LogP contribution in [0.15, 0.2) is 0 Å². The molecule has 12 nitrogen and oxygen atoms in total. The molecule has 8 N–H and O–H groups in total. The molecule has 4 atom stereocenters. The lowest BCUT2D eigenvalue weighted by molar-refractivity contribution is -0.144. The summed E-state index contributed by atoms with van der Waals surface area (Å²) in [5.41, 5.74) is 8.19. The summed E-state index contributed by atoms with van der Waals surface area (Å²) in [7, 11) is 3.10. The monoisotopic (exact) mass is 376 g/mol. The van der Waals surface area contributed by atoms with Gasteiger partial charge in [0.2, 0.25) is 0 Å². The molecule has 0 bridgehead atoms. The van der Waals surface area contributed by atoms with E-state index in [0.717, 1.165) is 0 Å². The zero-order chi connectivity index (χ0) is 20.4. The van der Waals surface area contributed by atoms with E-state index in [1.54, 1.807) is 14.1 Å². The minimum Gasteiger partial charge on any atom is -0.480 e. The molecule has 0 aromatic carbocycles. The highest BCUT2D eigenvalue weighted by molar-refractivity contribution is 5.83. The summed E-state index contributed by atoms with van der Waals surface area (Å²) in [6.07, 6.45) is -0.0949. The third-order valence-corrected chi connectivity index (χ3v) is 4.66. The highest BCUT2D eigenvalue weighted by Gasteiger charge is 2.48. The second-order valence-electron chi connectivity index (χ2n) is 6.87. The number of carboxylic acids is 4. The van der Waals surface area contributed by atoms with Crippen molar-refractivity contribution in [3.63, 3.8) is 0 Å². The molecule has 0 spiro atoms. The molecular formula is C14H24N4O8. The fourth-order valence-electron chi connectivity index (χ4n) is 3.10. The van der Waals surface area contributed by atoms with Gasteiger partial charge >= 0.3 is 23.9 Å². The average molecular weight is 376 g/mol. The maximum absolute atomic E-state index is 10.7. The van der Waals surface area contributed by atoms with Crippen LogP contribution in [0.4, 0.5) is 0 Å². The molecule has 0 saturated carbocycles. The van der Waals surface area contributed by atoms with Gasteiger partial charge in [-0.3, -0.25) is 29.0 Å². The van der Waals surface area contributed by atoms with Crippen LogP contribution in [0.3, 0.4) is 0 Å². The molecule has 2 aliphatic rings. The van der Waals surface area contributed by atoms with Gasteiger partial charge in [-0.05, 0) is 14.1 Å². The number of hydrogen-bond donors (Lipinski definition) is 6. The van der Waals surface area contributed by atoms with E-state index in [2.05, 4.69) is 0 Å². The Kier molecular flexibility index (Phi) is 6.31. The fourth-order valence-corrected chi connectivity index (χ4v) is 3.10. The molecule has 12 heteroatoms. The van der Waals surface area contributed by atoms with Crippen molar-refractivity contribution in [1.82, 2.24) is 9.80 Å². The van der Waals surface area contributed by atoms with Crippen LogP contribution < -0.4 is 11.5 Å². The second-order valence-corrected chi connectivity index (χ2v) is 6.87. The van der Waals surface area contributed by atoms with Crippen molar-refractivity contribution in [1.29, 1.82) is 0 Å². The Labute approximate surface area is 149 Å². The summed E-state index contributed by atoms with van der Waals surface area (Å²) in [5.74, 6) is -4.36. The van der Waals surface area contributed by atoms with Crippen LogP contribution in [0.25, 0.3) is 0 Å². The third-order valence-electron chi connectivity index (χ3n) is 4.66. The topological polar surface area (TPSA) is 208 Å². The van der Waals surface area contributed by atoms with E-state index in [1.807, 2.05) is 0 Å². The van der Waals surface area contributed by atoms with Gasteiger partial charge in [-0.15, -0.1) is 0 Å². The van der Waals surface area contributed by atoms with Crippen molar-refractivity contribution in [2.45, 2.75) is 36.0 Å². The molecule has 2 saturated heterocycles. The average Bonchev–Trinajstić information content (AvgIpc) is 2.98. The Morgan fingerprint density at radius 3 is 1.15 bits per heavy atom. The van der Waals surface area contributed by atoms with Gasteiger partial charge in [-0.25, -0.2) is 0 Å². The minimum absolute atomic E-state index is 0.0475. The largest absolute Gasteiger partial charge is 0.480 e. The molecule has 0 aromatic rings. The van der Waals surface area contributed by atoms with E-state index < -0.39 is 47.0 Å². The van der Waals surface area contributed by atoms with Crippen molar-refractivity contribution in [2.24, 2.45) is 11.5 Å². The lowest BCUT2D eigenvalue weighted by Crippen LogP contribution is -2.49. The fraction of sp³-hybridized carbons (Fsp3) is 0.714. The third kappa shape index (κ3) is 4.46. The van der Waals surface area contributed by atoms with Crippen LogP contribution in [-0.4, -0.2) is 104 Å². The molecule has 0 aliphatic carbocycles. The number of nitrogens with zero attached hydrogens (tertiary/aromatic N) is 2. The van der Waals surface area contributed by atoms with Crippen LogP contribution in [0.1, 0.15) is 12.8 Å². The number of hydrogen-bond acceptors (Lipinski definition) is 8. The molecule has 148 valence electrons. The predicted molar refractivity (Wildman–Crippen MR) is 86.5 cm³/mol. The molecule has 26 heavy (non-hydrogen) atoms. The lowest BCUT2D eigenvalue weighted by Gasteiger charge is -2.16. The molecule has 0 unspecified atom stereocenters. The van der Waals surface area contributed by atoms with Gasteiger partial charge in [0, 0.05) is 25.9 Å². The Balaban J connectivity index is 0.000000260. The SMILES string of the molecule is CN1C[C@@](N)(C(=O)O)C[C@@H]1C(=O)O.CN1C[C@](N)(C(=O)O)C[C@H]1C(=O)O. The van der Waals surface area contributed by atoms with Gasteiger partial charge < -0.3 is 31.9 Å². The molecule has 2 heterocycles. The maximum Gasteiger partial charge on any atom is 0.325 e. The standard InChI is InChI=1S/2C7H12N2O4/c2*1-9-3-7(8,6(12)13)2-4(9)5(10)11/h2*4H,2-3,8H2,1H3,(H,10,11)(H,12,13)/t2*4-,7-/m10/s1. The summed E-state index contributed by atoms with van der Waals surface area (Å²) in [4.78, 5) is 45.5. The van der Waals surface area contributed by atoms with Crippen LogP contribution in [0.5, 0.6) is 0 Å². The number of carbonyl (C=O) groups is 4. The highest BCUT2D eigenvalue weighted by Crippen LogP contribution is 2.24. The maximum atomic E-state index is 10.7. The number of nitrogens with two attached hydrogens (primary N) is 2. The summed E-state index contributed by atoms with van der Waals surface area (Å²) in [5, 5.41) is 34.9. The Morgan fingerprint density at radius 1 is 0.769 bits per heavy atom. The number of likely N-dealkylation sites (N-methyl/N-ethyl adjacent to an activating group) is 2. The lowest BCUT2D eigenvalue weighted by atomic mass is 9.98. The number of rotatable bonds is 4. The van der Waals surface area contributed by atoms with Crippen molar-refractivity contribution in [2.75, 3.05) is 27.2 Å². The van der Waals surface area contributed by atoms with Crippen LogP contribution >= 0.6 is 0 Å². The van der Waals surface area contributed by atoms with Gasteiger partial charge in [0.1, 0.15) is 23.2 Å². The molecule has 0 amide bonds. The van der Waals surface area contributed by atoms with Gasteiger partial charge in [-0.1, -0.05) is 0 Å². The van der Waals surface area contributed by atoms with Crippen molar-refractivity contribution in [3.05, 3.63) is 0 Å². The summed E-state index contributed by atoms with van der Waals surface area (Å²) in [6.45, 7) is 0.138. The van der Waals surface area contributed by atoms with E-state index in [9.17, 15) is 19.2 Å². The van der Waals surface area contributed by atoms with Crippen molar-refractivity contribution < 1.29 is 39.6 Å². The van der Waals surface area contributed by atoms with Gasteiger partial charge in [-0.2, -0.15) is 0 Å². The molecule has 2 aliphatic heterocycles. The van der Waals surface area contributed by atoms with E-state index in [4.69, 9.17) is 31.9 Å². The number of aliphatic carboxylic acids is 4. The van der Waals surface area contributed by atoms with E-state index in [0.29, 0.717) is 0 Å². The first-order valence-electron chi connectivity index (χ1n) is 7.64. The minimum atomic E-state index is -1.42. The predicted octanol–water partition coefficient (Wildman–Crippen LogP) is -2.89. The second kappa shape index (κ2) is 7.53. The zero-order valence-electron chi connectivity index (χ0n) is 14.5. The van der Waals surface area contributed by atoms with Crippen LogP contribution in [0, 0.1) is 0 Å². The first-order valence-corrected chi connectivity index (χ1v) is 7.64. The quantitative estimate of drug-likeness (QED) is 0.292. The molecule has 0 aromatic heterocycles. The highest BCUT2D eigenvalue weighted by atomic mass is 16.4.